The van der Waals surface area contributed by atoms with Crippen molar-refractivity contribution in [3.8, 4) is 6.07 Å². The van der Waals surface area contributed by atoms with E-state index in [1.807, 2.05) is 0 Å². The fourth-order valence-electron chi connectivity index (χ4n) is 1.77. The molecule has 22 heavy (non-hydrogen) atoms. The molecule has 0 aromatic heterocycles. The van der Waals surface area contributed by atoms with Gasteiger partial charge in [-0.25, -0.2) is 13.2 Å². The van der Waals surface area contributed by atoms with Gasteiger partial charge in [0.15, 0.2) is 0 Å². The number of nitrogens with zero attached hydrogens (tertiary/aromatic N) is 1. The zero-order valence-corrected chi connectivity index (χ0v) is 12.1. The van der Waals surface area contributed by atoms with Crippen molar-refractivity contribution in [3.05, 3.63) is 70.6 Å². The molecule has 5 nitrogen and oxygen atoms in total. The molecule has 0 saturated carbocycles. The zero-order chi connectivity index (χ0) is 16.2. The van der Waals surface area contributed by atoms with Crippen molar-refractivity contribution in [2.75, 3.05) is 0 Å². The van der Waals surface area contributed by atoms with Gasteiger partial charge in [-0.05, 0) is 35.9 Å². The zero-order valence-electron chi connectivity index (χ0n) is 11.3. The minimum absolute atomic E-state index is 0.0324. The van der Waals surface area contributed by atoms with E-state index in [1.54, 1.807) is 24.3 Å². The van der Waals surface area contributed by atoms with Gasteiger partial charge >= 0.3 is 5.97 Å². The van der Waals surface area contributed by atoms with Crippen LogP contribution in [-0.2, 0) is 9.84 Å². The number of carbonyl (C=O) groups is 1. The van der Waals surface area contributed by atoms with E-state index in [-0.39, 0.29) is 10.5 Å². The summed E-state index contributed by atoms with van der Waals surface area (Å²) in [4.78, 5) is 10.4. The molecule has 2 rings (SSSR count). The van der Waals surface area contributed by atoms with Gasteiger partial charge in [-0.2, -0.15) is 5.26 Å². The summed E-state index contributed by atoms with van der Waals surface area (Å²) in [7, 11) is -3.89. The predicted molar refractivity (Wildman–Crippen MR) is 80.6 cm³/mol. The Morgan fingerprint density at radius 2 is 1.64 bits per heavy atom. The maximum Gasteiger partial charge on any atom is 0.335 e. The molecule has 1 N–H and O–H groups in total. The lowest BCUT2D eigenvalue weighted by Crippen LogP contribution is -2.03. The number of nitriles is 1. The van der Waals surface area contributed by atoms with E-state index in [1.165, 1.54) is 42.5 Å². The first-order valence-electron chi connectivity index (χ1n) is 6.20. The van der Waals surface area contributed by atoms with Gasteiger partial charge in [0.2, 0.25) is 9.84 Å². The molecule has 6 heteroatoms. The highest BCUT2D eigenvalue weighted by molar-refractivity contribution is 7.95. The number of benzene rings is 2. The molecular weight excluding hydrogens is 302 g/mol. The first-order chi connectivity index (χ1) is 10.4. The largest absolute Gasteiger partial charge is 0.478 e. The van der Waals surface area contributed by atoms with Crippen LogP contribution in [0.5, 0.6) is 0 Å². The molecule has 0 radical (unpaired) electrons. The first-order valence-corrected chi connectivity index (χ1v) is 7.69. The highest BCUT2D eigenvalue weighted by atomic mass is 32.2. The molecule has 0 amide bonds. The van der Waals surface area contributed by atoms with Crippen LogP contribution in [0.2, 0.25) is 0 Å². The summed E-state index contributed by atoms with van der Waals surface area (Å²) >= 11 is 0. The Morgan fingerprint density at radius 1 is 1.05 bits per heavy atom. The summed E-state index contributed by atoms with van der Waals surface area (Å²) in [6.07, 6.45) is 1.22. The lowest BCUT2D eigenvalue weighted by molar-refractivity contribution is 0.0697. The van der Waals surface area contributed by atoms with E-state index in [0.717, 1.165) is 0 Å². The fraction of sp³-hybridized carbons (Fsp3) is 0. The van der Waals surface area contributed by atoms with E-state index in [2.05, 4.69) is 0 Å². The summed E-state index contributed by atoms with van der Waals surface area (Å²) in [6, 6.07) is 14.9. The fourth-order valence-corrected chi connectivity index (χ4v) is 2.95. The second-order valence-corrected chi connectivity index (χ2v) is 6.28. The SMILES string of the molecule is N#C/C(=C\c1ccc(C(=O)O)cc1)S(=O)(=O)c1ccccc1. The highest BCUT2D eigenvalue weighted by Crippen LogP contribution is 2.21. The smallest absolute Gasteiger partial charge is 0.335 e. The van der Waals surface area contributed by atoms with Crippen molar-refractivity contribution in [1.29, 1.82) is 5.26 Å². The summed E-state index contributed by atoms with van der Waals surface area (Å²) in [5.74, 6) is -1.08. The Morgan fingerprint density at radius 3 is 2.14 bits per heavy atom. The van der Waals surface area contributed by atoms with Crippen molar-refractivity contribution < 1.29 is 18.3 Å². The Balaban J connectivity index is 2.44. The maximum absolute atomic E-state index is 12.4. The van der Waals surface area contributed by atoms with Gasteiger partial charge in [0.1, 0.15) is 11.0 Å². The number of carboxylic acid groups (broad SMARTS) is 1. The van der Waals surface area contributed by atoms with E-state index in [9.17, 15) is 13.2 Å². The van der Waals surface area contributed by atoms with Crippen LogP contribution in [0, 0.1) is 11.3 Å². The van der Waals surface area contributed by atoms with Gasteiger partial charge in [0, 0.05) is 0 Å². The van der Waals surface area contributed by atoms with Crippen LogP contribution in [-0.4, -0.2) is 19.5 Å². The van der Waals surface area contributed by atoms with E-state index >= 15 is 0 Å². The van der Waals surface area contributed by atoms with Gasteiger partial charge in [-0.1, -0.05) is 30.3 Å². The summed E-state index contributed by atoms with van der Waals surface area (Å²) in [5.41, 5.74) is 0.516. The molecule has 110 valence electrons. The minimum Gasteiger partial charge on any atom is -0.478 e. The van der Waals surface area contributed by atoms with Crippen molar-refractivity contribution in [3.63, 3.8) is 0 Å². The van der Waals surface area contributed by atoms with Crippen LogP contribution in [0.4, 0.5) is 0 Å². The Bertz CT molecular complexity index is 861. The van der Waals surface area contributed by atoms with Crippen LogP contribution in [0.25, 0.3) is 6.08 Å². The topological polar surface area (TPSA) is 95.2 Å². The minimum atomic E-state index is -3.89. The molecule has 0 unspecified atom stereocenters. The average molecular weight is 313 g/mol. The second-order valence-electron chi connectivity index (χ2n) is 4.36. The van der Waals surface area contributed by atoms with Crippen molar-refractivity contribution in [2.45, 2.75) is 4.90 Å². The van der Waals surface area contributed by atoms with Gasteiger partial charge in [0.25, 0.3) is 0 Å². The van der Waals surface area contributed by atoms with Gasteiger partial charge in [-0.15, -0.1) is 0 Å². The normalized spacial score (nSPS) is 11.7. The van der Waals surface area contributed by atoms with Crippen LogP contribution < -0.4 is 0 Å². The molecule has 0 fully saturated rings. The number of aromatic carboxylic acids is 1. The third kappa shape index (κ3) is 3.22. The van der Waals surface area contributed by atoms with Crippen LogP contribution >= 0.6 is 0 Å². The third-order valence-electron chi connectivity index (χ3n) is 2.91. The van der Waals surface area contributed by atoms with Crippen molar-refractivity contribution >= 4 is 21.9 Å². The Kier molecular flexibility index (Phi) is 4.39. The number of sulfone groups is 1. The number of allylic oxidation sites excluding steroid dienone is 1. The van der Waals surface area contributed by atoms with Crippen LogP contribution in [0.1, 0.15) is 15.9 Å². The molecule has 0 heterocycles. The monoisotopic (exact) mass is 313 g/mol. The van der Waals surface area contributed by atoms with Gasteiger partial charge in [0.05, 0.1) is 10.5 Å². The number of carboxylic acids is 1. The highest BCUT2D eigenvalue weighted by Gasteiger charge is 2.20. The number of rotatable bonds is 4. The molecule has 0 atom stereocenters. The summed E-state index contributed by atoms with van der Waals surface area (Å²) < 4.78 is 24.7. The summed E-state index contributed by atoms with van der Waals surface area (Å²) in [6.45, 7) is 0. The molecular formula is C16H11NO4S. The lowest BCUT2D eigenvalue weighted by Gasteiger charge is -2.03. The summed E-state index contributed by atoms with van der Waals surface area (Å²) in [5, 5.41) is 18.0. The third-order valence-corrected chi connectivity index (χ3v) is 4.59. The molecule has 0 aliphatic rings. The average Bonchev–Trinajstić information content (AvgIpc) is 2.53. The molecule has 2 aromatic carbocycles. The van der Waals surface area contributed by atoms with Crippen LogP contribution in [0.15, 0.2) is 64.4 Å². The molecule has 0 aliphatic carbocycles. The quantitative estimate of drug-likeness (QED) is 0.876. The van der Waals surface area contributed by atoms with Crippen molar-refractivity contribution in [1.82, 2.24) is 0 Å². The first kappa shape index (κ1) is 15.5. The van der Waals surface area contributed by atoms with E-state index in [4.69, 9.17) is 10.4 Å². The maximum atomic E-state index is 12.4. The Hall–Kier alpha value is -2.91. The van der Waals surface area contributed by atoms with E-state index < -0.39 is 20.7 Å². The van der Waals surface area contributed by atoms with Crippen molar-refractivity contribution in [2.24, 2.45) is 0 Å². The molecule has 0 saturated heterocycles. The van der Waals surface area contributed by atoms with Gasteiger partial charge in [-0.3, -0.25) is 0 Å². The van der Waals surface area contributed by atoms with Gasteiger partial charge < -0.3 is 5.11 Å². The number of hydrogen-bond acceptors (Lipinski definition) is 4. The second kappa shape index (κ2) is 6.24. The van der Waals surface area contributed by atoms with Crippen LogP contribution in [0.3, 0.4) is 0 Å². The molecule has 0 aliphatic heterocycles. The molecule has 0 bridgehead atoms. The Labute approximate surface area is 127 Å². The van der Waals surface area contributed by atoms with E-state index in [0.29, 0.717) is 5.56 Å². The molecule has 0 spiro atoms. The standard InChI is InChI=1S/C16H11NO4S/c17-11-15(22(20,21)14-4-2-1-3-5-14)10-12-6-8-13(9-7-12)16(18)19/h1-10H,(H,18,19)/b15-10+. The predicted octanol–water partition coefficient (Wildman–Crippen LogP) is 2.72. The molecule has 2 aromatic rings. The number of hydrogen-bond donors (Lipinski definition) is 1. The lowest BCUT2D eigenvalue weighted by atomic mass is 10.1.